The van der Waals surface area contributed by atoms with Crippen molar-refractivity contribution in [1.82, 2.24) is 15.3 Å². The quantitative estimate of drug-likeness (QED) is 0.544. The molecule has 0 bridgehead atoms. The smallest absolute Gasteiger partial charge is 0.263 e. The largest absolute Gasteiger partial charge is 0.493 e. The maximum absolute atomic E-state index is 12.8. The lowest BCUT2D eigenvalue weighted by Crippen LogP contribution is -2.33. The van der Waals surface area contributed by atoms with Gasteiger partial charge in [0.2, 0.25) is 0 Å². The third-order valence-electron chi connectivity index (χ3n) is 6.00. The van der Waals surface area contributed by atoms with Crippen molar-refractivity contribution in [1.29, 1.82) is 0 Å². The molecule has 1 amide bonds. The summed E-state index contributed by atoms with van der Waals surface area (Å²) in [5.74, 6) is 2.95. The van der Waals surface area contributed by atoms with Crippen LogP contribution in [-0.2, 0) is 6.54 Å². The fourth-order valence-corrected chi connectivity index (χ4v) is 4.89. The summed E-state index contributed by atoms with van der Waals surface area (Å²) in [7, 11) is 3.20. The number of aromatic nitrogens is 2. The number of pyridine rings is 1. The van der Waals surface area contributed by atoms with Crippen molar-refractivity contribution in [2.24, 2.45) is 5.92 Å². The lowest BCUT2D eigenvalue weighted by Gasteiger charge is -2.31. The second-order valence-electron chi connectivity index (χ2n) is 8.38. The predicted molar refractivity (Wildman–Crippen MR) is 131 cm³/mol. The Morgan fingerprint density at radius 1 is 1.15 bits per heavy atom. The van der Waals surface area contributed by atoms with Crippen molar-refractivity contribution < 1.29 is 14.3 Å². The molecule has 2 aromatic heterocycles. The average Bonchev–Trinajstić information content (AvgIpc) is 3.24. The Kier molecular flexibility index (Phi) is 7.13. The Labute approximate surface area is 198 Å². The van der Waals surface area contributed by atoms with Crippen LogP contribution in [0.15, 0.2) is 36.5 Å². The second-order valence-corrected chi connectivity index (χ2v) is 9.38. The molecule has 1 aliphatic heterocycles. The molecular weight excluding hydrogens is 436 g/mol. The van der Waals surface area contributed by atoms with Gasteiger partial charge in [-0.25, -0.2) is 9.97 Å². The minimum Gasteiger partial charge on any atom is -0.493 e. The summed E-state index contributed by atoms with van der Waals surface area (Å²) in [6.45, 7) is 6.68. The van der Waals surface area contributed by atoms with Crippen molar-refractivity contribution in [2.75, 3.05) is 32.2 Å². The summed E-state index contributed by atoms with van der Waals surface area (Å²) in [4.78, 5) is 25.0. The van der Waals surface area contributed by atoms with Crippen LogP contribution in [0.3, 0.4) is 0 Å². The Hall–Kier alpha value is -3.13. The van der Waals surface area contributed by atoms with Crippen LogP contribution < -0.4 is 19.7 Å². The number of nitrogens with one attached hydrogen (secondary N) is 1. The van der Waals surface area contributed by atoms with Gasteiger partial charge in [-0.05, 0) is 55.5 Å². The fourth-order valence-electron chi connectivity index (χ4n) is 3.91. The van der Waals surface area contributed by atoms with Crippen LogP contribution in [0.5, 0.6) is 11.5 Å². The van der Waals surface area contributed by atoms with Crippen molar-refractivity contribution in [3.05, 3.63) is 52.7 Å². The third kappa shape index (κ3) is 5.27. The number of carbonyl (C=O) groups excluding carboxylic acids is 1. The van der Waals surface area contributed by atoms with E-state index in [1.54, 1.807) is 14.2 Å². The predicted octanol–water partition coefficient (Wildman–Crippen LogP) is 4.70. The number of benzene rings is 1. The molecule has 0 spiro atoms. The van der Waals surface area contributed by atoms with Gasteiger partial charge in [0.15, 0.2) is 11.5 Å². The number of amides is 1. The van der Waals surface area contributed by atoms with Gasteiger partial charge >= 0.3 is 0 Å². The van der Waals surface area contributed by atoms with E-state index in [2.05, 4.69) is 27.1 Å². The van der Waals surface area contributed by atoms with E-state index < -0.39 is 0 Å². The molecule has 1 fully saturated rings. The SMILES string of the molecule is COc1ccc(-c2nc(C)c(C(=O)NCc3ccc(N4CCC(C)CC4)nc3)s2)cc1OC. The average molecular weight is 467 g/mol. The number of carbonyl (C=O) groups is 1. The first kappa shape index (κ1) is 23.0. The van der Waals surface area contributed by atoms with E-state index in [0.717, 1.165) is 41.0 Å². The molecule has 1 aromatic carbocycles. The first-order chi connectivity index (χ1) is 16.0. The van der Waals surface area contributed by atoms with Gasteiger partial charge < -0.3 is 19.7 Å². The highest BCUT2D eigenvalue weighted by atomic mass is 32.1. The van der Waals surface area contributed by atoms with E-state index in [9.17, 15) is 4.79 Å². The highest BCUT2D eigenvalue weighted by molar-refractivity contribution is 7.17. The number of hydrogen-bond donors (Lipinski definition) is 1. The molecule has 3 aromatic rings. The van der Waals surface area contributed by atoms with Gasteiger partial charge in [0.1, 0.15) is 15.7 Å². The summed E-state index contributed by atoms with van der Waals surface area (Å²) in [6, 6.07) is 9.71. The topological polar surface area (TPSA) is 76.6 Å². The lowest BCUT2D eigenvalue weighted by atomic mass is 9.99. The first-order valence-corrected chi connectivity index (χ1v) is 12.0. The van der Waals surface area contributed by atoms with Gasteiger partial charge in [0.25, 0.3) is 5.91 Å². The molecule has 0 atom stereocenters. The van der Waals surface area contributed by atoms with Gasteiger partial charge in [0, 0.05) is 31.4 Å². The number of hydrogen-bond acceptors (Lipinski definition) is 7. The number of piperidine rings is 1. The number of thiazole rings is 1. The molecule has 0 radical (unpaired) electrons. The van der Waals surface area contributed by atoms with E-state index in [4.69, 9.17) is 9.47 Å². The Balaban J connectivity index is 1.40. The zero-order valence-electron chi connectivity index (χ0n) is 19.6. The van der Waals surface area contributed by atoms with Gasteiger partial charge in [-0.1, -0.05) is 13.0 Å². The molecule has 174 valence electrons. The molecule has 8 heteroatoms. The van der Waals surface area contributed by atoms with Crippen molar-refractivity contribution in [3.8, 4) is 22.1 Å². The molecular formula is C25H30N4O3S. The Bertz CT molecular complexity index is 1110. The summed E-state index contributed by atoms with van der Waals surface area (Å²) in [5, 5.41) is 3.76. The summed E-state index contributed by atoms with van der Waals surface area (Å²) in [5.41, 5.74) is 2.56. The van der Waals surface area contributed by atoms with Gasteiger partial charge in [-0.3, -0.25) is 4.79 Å². The minimum atomic E-state index is -0.133. The molecule has 3 heterocycles. The molecule has 1 saturated heterocycles. The van der Waals surface area contributed by atoms with Crippen LogP contribution in [0, 0.1) is 12.8 Å². The number of nitrogens with zero attached hydrogens (tertiary/aromatic N) is 3. The number of rotatable bonds is 7. The maximum Gasteiger partial charge on any atom is 0.263 e. The number of ether oxygens (including phenoxy) is 2. The van der Waals surface area contributed by atoms with E-state index in [-0.39, 0.29) is 5.91 Å². The molecule has 0 unspecified atom stereocenters. The molecule has 33 heavy (non-hydrogen) atoms. The summed E-state index contributed by atoms with van der Waals surface area (Å²) >= 11 is 1.37. The van der Waals surface area contributed by atoms with E-state index in [1.807, 2.05) is 43.5 Å². The minimum absolute atomic E-state index is 0.133. The molecule has 1 N–H and O–H groups in total. The van der Waals surface area contributed by atoms with Crippen LogP contribution in [-0.4, -0.2) is 43.2 Å². The zero-order valence-corrected chi connectivity index (χ0v) is 20.4. The second kappa shape index (κ2) is 10.2. The standard InChI is InChI=1S/C25H30N4O3S/c1-16-9-11-29(12-10-16)22-8-5-18(14-26-22)15-27-24(30)23-17(2)28-25(33-23)19-6-7-20(31-3)21(13-19)32-4/h5-8,13-14,16H,9-12,15H2,1-4H3,(H,27,30). The highest BCUT2D eigenvalue weighted by Gasteiger charge is 2.19. The Morgan fingerprint density at radius 2 is 1.91 bits per heavy atom. The normalized spacial score (nSPS) is 14.2. The summed E-state index contributed by atoms with van der Waals surface area (Å²) in [6.07, 6.45) is 4.26. The zero-order chi connectivity index (χ0) is 23.4. The van der Waals surface area contributed by atoms with Crippen LogP contribution >= 0.6 is 11.3 Å². The monoisotopic (exact) mass is 466 g/mol. The maximum atomic E-state index is 12.8. The van der Waals surface area contributed by atoms with Crippen molar-refractivity contribution in [3.63, 3.8) is 0 Å². The number of aryl methyl sites for hydroxylation is 1. The molecule has 0 saturated carbocycles. The molecule has 4 rings (SSSR count). The van der Waals surface area contributed by atoms with Crippen LogP contribution in [0.25, 0.3) is 10.6 Å². The summed E-state index contributed by atoms with van der Waals surface area (Å²) < 4.78 is 10.7. The highest BCUT2D eigenvalue weighted by Crippen LogP contribution is 2.35. The molecule has 7 nitrogen and oxygen atoms in total. The van der Waals surface area contributed by atoms with E-state index in [0.29, 0.717) is 28.6 Å². The van der Waals surface area contributed by atoms with Crippen LogP contribution in [0.1, 0.15) is 40.7 Å². The van der Waals surface area contributed by atoms with Gasteiger partial charge in [-0.15, -0.1) is 11.3 Å². The first-order valence-electron chi connectivity index (χ1n) is 11.2. The molecule has 1 aliphatic rings. The fraction of sp³-hybridized carbons (Fsp3) is 0.400. The van der Waals surface area contributed by atoms with Crippen molar-refractivity contribution in [2.45, 2.75) is 33.2 Å². The molecule has 0 aliphatic carbocycles. The van der Waals surface area contributed by atoms with Crippen LogP contribution in [0.4, 0.5) is 5.82 Å². The third-order valence-corrected chi connectivity index (χ3v) is 7.21. The van der Waals surface area contributed by atoms with Crippen molar-refractivity contribution >= 4 is 23.1 Å². The van der Waals surface area contributed by atoms with E-state index >= 15 is 0 Å². The number of methoxy groups -OCH3 is 2. The number of anilines is 1. The van der Waals surface area contributed by atoms with E-state index in [1.165, 1.54) is 24.2 Å². The van der Waals surface area contributed by atoms with Gasteiger partial charge in [-0.2, -0.15) is 0 Å². The Morgan fingerprint density at radius 3 is 2.58 bits per heavy atom. The lowest BCUT2D eigenvalue weighted by molar-refractivity contribution is 0.0954. The van der Waals surface area contributed by atoms with Crippen LogP contribution in [0.2, 0.25) is 0 Å². The van der Waals surface area contributed by atoms with Gasteiger partial charge in [0.05, 0.1) is 19.9 Å².